The van der Waals surface area contributed by atoms with E-state index in [4.69, 9.17) is 35.3 Å². The van der Waals surface area contributed by atoms with Gasteiger partial charge in [-0.1, -0.05) is 50.6 Å². The maximum Gasteiger partial charge on any atom is 0.409 e. The predicted molar refractivity (Wildman–Crippen MR) is 169 cm³/mol. The number of amides is 2. The highest BCUT2D eigenvalue weighted by Crippen LogP contribution is 2.49. The zero-order chi connectivity index (χ0) is 34.1. The largest absolute Gasteiger partial charge is 0.495 e. The summed E-state index contributed by atoms with van der Waals surface area (Å²) in [4.78, 5) is 40.8. The molecule has 2 saturated heterocycles. The average Bonchev–Trinajstić information content (AvgIpc) is 3.68. The molecule has 3 aliphatic rings. The molecule has 12 nitrogen and oxygen atoms in total. The van der Waals surface area contributed by atoms with Crippen molar-refractivity contribution < 1.29 is 48.3 Å². The second-order valence-corrected chi connectivity index (χ2v) is 13.3. The maximum absolute atomic E-state index is 13.9. The number of hydrogen-bond acceptors (Lipinski definition) is 10. The Morgan fingerprint density at radius 1 is 1.26 bits per heavy atom. The first-order valence-electron chi connectivity index (χ1n) is 15.3. The van der Waals surface area contributed by atoms with E-state index in [0.29, 0.717) is 11.1 Å². The van der Waals surface area contributed by atoms with Gasteiger partial charge in [0.2, 0.25) is 5.91 Å². The molecule has 0 aromatic heterocycles. The molecule has 1 aromatic rings. The van der Waals surface area contributed by atoms with Crippen molar-refractivity contribution >= 4 is 35.3 Å². The number of hydrogen-bond donors (Lipinski definition) is 3. The summed E-state index contributed by atoms with van der Waals surface area (Å²) in [5.41, 5.74) is -1.74. The third kappa shape index (κ3) is 7.36. The number of nitrogens with zero attached hydrogens (tertiary/aromatic N) is 1. The van der Waals surface area contributed by atoms with Gasteiger partial charge in [-0.3, -0.25) is 14.9 Å². The first kappa shape index (κ1) is 35.7. The molecule has 3 heterocycles. The number of benzene rings is 1. The van der Waals surface area contributed by atoms with Crippen molar-refractivity contribution in [3.8, 4) is 5.75 Å². The summed E-state index contributed by atoms with van der Waals surface area (Å²) >= 11 is 6.66. The molecular formula is C33H45ClN2O10. The van der Waals surface area contributed by atoms with E-state index < -0.39 is 65.7 Å². The monoisotopic (exact) mass is 664 g/mol. The van der Waals surface area contributed by atoms with Gasteiger partial charge < -0.3 is 38.8 Å². The van der Waals surface area contributed by atoms with Crippen molar-refractivity contribution in [2.75, 3.05) is 26.2 Å². The zero-order valence-corrected chi connectivity index (χ0v) is 28.3. The van der Waals surface area contributed by atoms with E-state index in [1.807, 2.05) is 20.8 Å². The van der Waals surface area contributed by atoms with Crippen LogP contribution in [0.4, 0.5) is 10.5 Å². The summed E-state index contributed by atoms with van der Waals surface area (Å²) in [6, 6.07) is 3.18. The van der Waals surface area contributed by atoms with Crippen LogP contribution in [0, 0.1) is 11.8 Å². The van der Waals surface area contributed by atoms with Crippen LogP contribution < -0.4 is 15.0 Å². The van der Waals surface area contributed by atoms with Crippen molar-refractivity contribution in [1.29, 1.82) is 0 Å². The molecule has 4 rings (SSSR count). The average molecular weight is 665 g/mol. The number of carbonyl (C=O) groups excluding carboxylic acids is 3. The summed E-state index contributed by atoms with van der Waals surface area (Å²) in [7, 11) is 4.37. The summed E-state index contributed by atoms with van der Waals surface area (Å²) < 4.78 is 28.7. The van der Waals surface area contributed by atoms with Crippen LogP contribution in [0.3, 0.4) is 0 Å². The van der Waals surface area contributed by atoms with E-state index in [1.165, 1.54) is 26.2 Å². The molecular weight excluding hydrogens is 620 g/mol. The quantitative estimate of drug-likeness (QED) is 0.308. The van der Waals surface area contributed by atoms with Gasteiger partial charge in [0.25, 0.3) is 0 Å². The van der Waals surface area contributed by atoms with E-state index in [-0.39, 0.29) is 41.6 Å². The third-order valence-corrected chi connectivity index (χ3v) is 9.38. The number of rotatable bonds is 5. The molecule has 8 atom stereocenters. The number of aliphatic hydroxyl groups is 2. The van der Waals surface area contributed by atoms with Crippen LogP contribution in [0.5, 0.6) is 5.75 Å². The van der Waals surface area contributed by atoms with Crippen LogP contribution in [0.25, 0.3) is 0 Å². The normalized spacial score (nSPS) is 35.3. The minimum absolute atomic E-state index is 0.0179. The number of nitrogens with one attached hydrogen (secondary N) is 1. The Bertz CT molecular complexity index is 1400. The lowest BCUT2D eigenvalue weighted by Crippen LogP contribution is -2.63. The summed E-state index contributed by atoms with van der Waals surface area (Å²) in [6.45, 7) is 9.03. The molecule has 46 heavy (non-hydrogen) atoms. The molecule has 254 valence electrons. The van der Waals surface area contributed by atoms with Gasteiger partial charge in [0.05, 0.1) is 25.3 Å². The smallest absolute Gasteiger partial charge is 0.409 e. The fraction of sp³-hybridized carbons (Fsp3) is 0.606. The number of fused-ring (bicyclic) bond motifs is 5. The maximum atomic E-state index is 13.9. The van der Waals surface area contributed by atoms with Crippen molar-refractivity contribution in [2.24, 2.45) is 11.8 Å². The molecule has 7 unspecified atom stereocenters. The van der Waals surface area contributed by atoms with Gasteiger partial charge in [-0.15, -0.1) is 0 Å². The Hall–Kier alpha value is -3.16. The Morgan fingerprint density at radius 3 is 2.59 bits per heavy atom. The van der Waals surface area contributed by atoms with Crippen molar-refractivity contribution in [3.05, 3.63) is 46.5 Å². The molecule has 2 amide bonds. The fourth-order valence-corrected chi connectivity index (χ4v) is 6.44. The minimum atomic E-state index is -1.84. The Balaban J connectivity index is 1.82. The molecule has 0 saturated carbocycles. The van der Waals surface area contributed by atoms with Crippen molar-refractivity contribution in [1.82, 2.24) is 5.32 Å². The fourth-order valence-electron chi connectivity index (χ4n) is 6.13. The van der Waals surface area contributed by atoms with Crippen LogP contribution in [-0.2, 0) is 28.5 Å². The topological polar surface area (TPSA) is 156 Å². The number of methoxy groups -OCH3 is 2. The van der Waals surface area contributed by atoms with E-state index in [9.17, 15) is 24.6 Å². The molecule has 0 spiro atoms. The predicted octanol–water partition coefficient (Wildman–Crippen LogP) is 4.20. The standard InChI is InChI=1S/C33H45ClN2O10/c1-17(2)12-27(38)45-25-15-26(37)36(6)21-13-20(14-22(42-7)28(21)34)29(39)18(3)10-9-11-24(43-8)33(41)16-23(44-31(40)35-33)19(4)30-32(25,5)46-30/h9-11,13-14,17,19,23-25,29-30,39,41H,12,15-16H2,1-8H3,(H,35,40)/b11-9+,18-10+/t19?,23?,24?,25?,29-,30?,32?,33?/m1/s1. The van der Waals surface area contributed by atoms with E-state index in [2.05, 4.69) is 5.32 Å². The Morgan fingerprint density at radius 2 is 1.96 bits per heavy atom. The van der Waals surface area contributed by atoms with E-state index >= 15 is 0 Å². The number of esters is 1. The lowest BCUT2D eigenvalue weighted by atomic mass is 9.83. The number of carbonyl (C=O) groups is 3. The van der Waals surface area contributed by atoms with Gasteiger partial charge in [-0.25, -0.2) is 4.79 Å². The first-order valence-corrected chi connectivity index (χ1v) is 15.7. The highest BCUT2D eigenvalue weighted by Gasteiger charge is 2.64. The SMILES string of the molecule is COc1cc2cc(c1Cl)N(C)C(=O)CC(OC(=O)CC(C)C)C1(C)OC1C(C)C1CC(O)(NC(=O)O1)C(OC)/C=C/C=C(\C)[C@H]2O. The summed E-state index contributed by atoms with van der Waals surface area (Å²) in [5.74, 6) is -1.12. The zero-order valence-electron chi connectivity index (χ0n) is 27.5. The highest BCUT2D eigenvalue weighted by atomic mass is 35.5. The molecule has 3 aliphatic heterocycles. The number of aliphatic hydroxyl groups excluding tert-OH is 1. The number of epoxide rings is 1. The van der Waals surface area contributed by atoms with Crippen LogP contribution in [0.15, 0.2) is 35.9 Å². The van der Waals surface area contributed by atoms with Crippen LogP contribution in [-0.4, -0.2) is 85.2 Å². The summed E-state index contributed by atoms with van der Waals surface area (Å²) in [6.07, 6.45) is -0.687. The molecule has 0 aliphatic carbocycles. The number of ether oxygens (including phenoxy) is 5. The minimum Gasteiger partial charge on any atom is -0.495 e. The molecule has 2 fully saturated rings. The second kappa shape index (κ2) is 13.9. The van der Waals surface area contributed by atoms with Gasteiger partial charge in [0.15, 0.2) is 5.72 Å². The van der Waals surface area contributed by atoms with Crippen molar-refractivity contribution in [3.63, 3.8) is 0 Å². The molecule has 13 heteroatoms. The van der Waals surface area contributed by atoms with E-state index in [0.717, 1.165) is 0 Å². The van der Waals surface area contributed by atoms with Gasteiger partial charge in [0.1, 0.15) is 40.8 Å². The van der Waals surface area contributed by atoms with Crippen molar-refractivity contribution in [2.45, 2.75) is 95.7 Å². The molecule has 1 aromatic carbocycles. The third-order valence-electron chi connectivity index (χ3n) is 9.00. The molecule has 4 bridgehead atoms. The number of alkyl carbamates (subject to hydrolysis) is 1. The lowest BCUT2D eigenvalue weighted by molar-refractivity contribution is -0.154. The second-order valence-electron chi connectivity index (χ2n) is 12.9. The Kier molecular flexibility index (Phi) is 10.8. The number of anilines is 1. The van der Waals surface area contributed by atoms with Gasteiger partial charge >= 0.3 is 12.1 Å². The van der Waals surface area contributed by atoms with Gasteiger partial charge in [0, 0.05) is 32.9 Å². The van der Waals surface area contributed by atoms with Crippen LogP contribution in [0.2, 0.25) is 5.02 Å². The van der Waals surface area contributed by atoms with Crippen LogP contribution in [0.1, 0.15) is 65.5 Å². The first-order chi connectivity index (χ1) is 21.5. The highest BCUT2D eigenvalue weighted by molar-refractivity contribution is 6.35. The number of halogens is 1. The van der Waals surface area contributed by atoms with E-state index in [1.54, 1.807) is 44.2 Å². The Labute approximate surface area is 274 Å². The van der Waals surface area contributed by atoms with Gasteiger partial charge in [-0.05, 0) is 43.0 Å². The lowest BCUT2D eigenvalue weighted by Gasteiger charge is -2.42. The van der Waals surface area contributed by atoms with Crippen LogP contribution >= 0.6 is 11.6 Å². The summed E-state index contributed by atoms with van der Waals surface area (Å²) in [5, 5.41) is 25.5. The molecule has 0 radical (unpaired) electrons. The number of allylic oxidation sites excluding steroid dienone is 2. The molecule has 3 N–H and O–H groups in total. The van der Waals surface area contributed by atoms with Gasteiger partial charge in [-0.2, -0.15) is 0 Å².